The molecular formula is C23H30F2N8O4S. The van der Waals surface area contributed by atoms with E-state index < -0.39 is 28.4 Å². The number of aromatic nitrogens is 5. The second-order valence-electron chi connectivity index (χ2n) is 9.23. The second kappa shape index (κ2) is 10.5. The third kappa shape index (κ3) is 4.97. The van der Waals surface area contributed by atoms with Crippen LogP contribution in [0.25, 0.3) is 17.0 Å². The predicted octanol–water partition coefficient (Wildman–Crippen LogP) is 2.20. The summed E-state index contributed by atoms with van der Waals surface area (Å²) in [6.45, 7) is 2.31. The molecule has 0 spiro atoms. The van der Waals surface area contributed by atoms with Gasteiger partial charge in [-0.05, 0) is 31.4 Å². The van der Waals surface area contributed by atoms with E-state index in [1.165, 1.54) is 22.2 Å². The van der Waals surface area contributed by atoms with Crippen molar-refractivity contribution >= 4 is 33.0 Å². The van der Waals surface area contributed by atoms with Crippen molar-refractivity contribution in [3.05, 3.63) is 24.0 Å². The van der Waals surface area contributed by atoms with Crippen LogP contribution in [0.4, 0.5) is 20.7 Å². The Morgan fingerprint density at radius 2 is 1.82 bits per heavy atom. The van der Waals surface area contributed by atoms with Gasteiger partial charge in [-0.15, -0.1) is 0 Å². The van der Waals surface area contributed by atoms with E-state index in [2.05, 4.69) is 19.9 Å². The number of benzene rings is 1. The average Bonchev–Trinajstić information content (AvgIpc) is 3.33. The van der Waals surface area contributed by atoms with Crippen molar-refractivity contribution in [2.75, 3.05) is 63.1 Å². The Hall–Kier alpha value is -3.17. The summed E-state index contributed by atoms with van der Waals surface area (Å²) in [5.74, 6) is 0.214. The van der Waals surface area contributed by atoms with Gasteiger partial charge in [0.2, 0.25) is 27.9 Å². The highest BCUT2D eigenvalue weighted by Gasteiger charge is 2.34. The fraction of sp³-hybridized carbons (Fsp3) is 0.565. The second-order valence-corrected chi connectivity index (χ2v) is 11.2. The Labute approximate surface area is 219 Å². The number of sulfonamides is 1. The molecule has 0 amide bonds. The molecule has 206 valence electrons. The number of para-hydroxylation sites is 1. The summed E-state index contributed by atoms with van der Waals surface area (Å²) in [4.78, 5) is 21.6. The van der Waals surface area contributed by atoms with Gasteiger partial charge in [0, 0.05) is 26.7 Å². The number of imidazole rings is 1. The first-order valence-electron chi connectivity index (χ1n) is 12.3. The van der Waals surface area contributed by atoms with Gasteiger partial charge in [-0.1, -0.05) is 6.07 Å². The lowest BCUT2D eigenvalue weighted by Crippen LogP contribution is -2.52. The molecule has 0 radical (unpaired) electrons. The fourth-order valence-corrected chi connectivity index (χ4v) is 6.06. The molecule has 0 bridgehead atoms. The van der Waals surface area contributed by atoms with Gasteiger partial charge in [-0.3, -0.25) is 4.57 Å². The largest absolute Gasteiger partial charge is 0.494 e. The molecule has 1 atom stereocenters. The number of methoxy groups -OCH3 is 1. The molecule has 5 rings (SSSR count). The number of halogens is 2. The summed E-state index contributed by atoms with van der Waals surface area (Å²) in [6.07, 6.45) is -0.116. The third-order valence-electron chi connectivity index (χ3n) is 6.79. The van der Waals surface area contributed by atoms with Crippen LogP contribution in [-0.4, -0.2) is 96.7 Å². The first kappa shape index (κ1) is 26.4. The molecular weight excluding hydrogens is 522 g/mol. The van der Waals surface area contributed by atoms with Crippen molar-refractivity contribution < 1.29 is 26.7 Å². The number of rotatable bonds is 7. The maximum Gasteiger partial charge on any atom is 0.296 e. The topological polar surface area (TPSA) is 119 Å². The summed E-state index contributed by atoms with van der Waals surface area (Å²) in [6, 6.07) is 4.96. The summed E-state index contributed by atoms with van der Waals surface area (Å²) in [7, 11) is -0.349. The number of anilines is 2. The number of alkyl halides is 2. The number of ether oxygens (including phenoxy) is 2. The van der Waals surface area contributed by atoms with Crippen LogP contribution in [-0.2, 0) is 14.8 Å². The lowest BCUT2D eigenvalue weighted by Gasteiger charge is -2.39. The van der Waals surface area contributed by atoms with E-state index in [0.717, 1.165) is 12.8 Å². The van der Waals surface area contributed by atoms with Crippen molar-refractivity contribution in [3.63, 3.8) is 0 Å². The van der Waals surface area contributed by atoms with Gasteiger partial charge in [-0.25, -0.2) is 22.2 Å². The van der Waals surface area contributed by atoms with Crippen LogP contribution in [0.3, 0.4) is 0 Å². The number of piperidine rings is 1. The molecule has 2 aliphatic rings. The molecule has 1 unspecified atom stereocenters. The Kier molecular flexibility index (Phi) is 7.33. The molecule has 2 saturated heterocycles. The van der Waals surface area contributed by atoms with Crippen molar-refractivity contribution in [2.45, 2.75) is 31.9 Å². The van der Waals surface area contributed by atoms with E-state index in [1.54, 1.807) is 30.1 Å². The first-order chi connectivity index (χ1) is 18.2. The minimum Gasteiger partial charge on any atom is -0.494 e. The Morgan fingerprint density at radius 3 is 2.50 bits per heavy atom. The lowest BCUT2D eigenvalue weighted by atomic mass is 10.1. The van der Waals surface area contributed by atoms with E-state index in [1.807, 2.05) is 4.90 Å². The summed E-state index contributed by atoms with van der Waals surface area (Å²) < 4.78 is 67.1. The molecule has 4 heterocycles. The van der Waals surface area contributed by atoms with Crippen molar-refractivity contribution in [1.29, 1.82) is 0 Å². The Balaban J connectivity index is 1.69. The zero-order chi connectivity index (χ0) is 27.0. The third-order valence-corrected chi connectivity index (χ3v) is 8.07. The van der Waals surface area contributed by atoms with Crippen molar-refractivity contribution in [1.82, 2.24) is 28.8 Å². The van der Waals surface area contributed by atoms with Crippen LogP contribution < -0.4 is 14.5 Å². The maximum atomic E-state index is 14.3. The van der Waals surface area contributed by atoms with E-state index >= 15 is 0 Å². The van der Waals surface area contributed by atoms with Gasteiger partial charge in [0.1, 0.15) is 11.3 Å². The predicted molar refractivity (Wildman–Crippen MR) is 137 cm³/mol. The van der Waals surface area contributed by atoms with Crippen LogP contribution in [0.15, 0.2) is 18.2 Å². The fourth-order valence-electron chi connectivity index (χ4n) is 4.91. The zero-order valence-electron chi connectivity index (χ0n) is 21.4. The normalized spacial score (nSPS) is 19.3. The van der Waals surface area contributed by atoms with Crippen LogP contribution in [0, 0.1) is 0 Å². The SMILES string of the molecule is COc1cccc2c1nc(C(F)F)n2-c1nc(N2CCOCC2)nc(N(C)C2CCCCN2S(C)(=O)=O)n1. The molecule has 3 aromatic rings. The maximum absolute atomic E-state index is 14.3. The van der Waals surface area contributed by atoms with Gasteiger partial charge in [0.25, 0.3) is 6.43 Å². The lowest BCUT2D eigenvalue weighted by molar-refractivity contribution is 0.122. The van der Waals surface area contributed by atoms with Gasteiger partial charge in [-0.2, -0.15) is 19.3 Å². The van der Waals surface area contributed by atoms with Crippen LogP contribution in [0.1, 0.15) is 31.5 Å². The quantitative estimate of drug-likeness (QED) is 0.432. The first-order valence-corrected chi connectivity index (χ1v) is 14.2. The standard InChI is InChI=1S/C23H30F2N8O4S/c1-30(17-9-4-5-10-32(17)38(3,34)35)21-27-22(31-11-13-37-14-12-31)29-23(28-21)33-15-7-6-8-16(36-2)18(15)26-20(33)19(24)25/h6-8,17,19H,4-5,9-14H2,1-3H3. The van der Waals surface area contributed by atoms with Crippen LogP contribution in [0.2, 0.25) is 0 Å². The molecule has 0 saturated carbocycles. The van der Waals surface area contributed by atoms with E-state index in [9.17, 15) is 17.2 Å². The van der Waals surface area contributed by atoms with Crippen molar-refractivity contribution in [3.8, 4) is 11.7 Å². The Bertz CT molecular complexity index is 1410. The van der Waals surface area contributed by atoms with Gasteiger partial charge in [0.05, 0.1) is 38.3 Å². The number of nitrogens with zero attached hydrogens (tertiary/aromatic N) is 8. The van der Waals surface area contributed by atoms with E-state index in [-0.39, 0.29) is 23.4 Å². The van der Waals surface area contributed by atoms with E-state index in [0.29, 0.717) is 50.5 Å². The van der Waals surface area contributed by atoms with Crippen LogP contribution in [0.5, 0.6) is 5.75 Å². The summed E-state index contributed by atoms with van der Waals surface area (Å²) in [5, 5.41) is 0. The molecule has 1 aromatic carbocycles. The molecule has 2 aromatic heterocycles. The minimum atomic E-state index is -3.50. The zero-order valence-corrected chi connectivity index (χ0v) is 22.2. The van der Waals surface area contributed by atoms with Gasteiger partial charge >= 0.3 is 0 Å². The summed E-state index contributed by atoms with van der Waals surface area (Å²) >= 11 is 0. The molecule has 2 fully saturated rings. The number of morpholine rings is 1. The minimum absolute atomic E-state index is 0.0453. The summed E-state index contributed by atoms with van der Waals surface area (Å²) in [5.41, 5.74) is 0.604. The number of hydrogen-bond donors (Lipinski definition) is 0. The molecule has 12 nitrogen and oxygen atoms in total. The average molecular weight is 553 g/mol. The molecule has 0 N–H and O–H groups in total. The van der Waals surface area contributed by atoms with E-state index in [4.69, 9.17) is 9.47 Å². The number of fused-ring (bicyclic) bond motifs is 1. The monoisotopic (exact) mass is 552 g/mol. The van der Waals surface area contributed by atoms with Crippen molar-refractivity contribution in [2.24, 2.45) is 0 Å². The molecule has 2 aliphatic heterocycles. The smallest absolute Gasteiger partial charge is 0.296 e. The number of hydrogen-bond acceptors (Lipinski definition) is 10. The molecule has 0 aliphatic carbocycles. The van der Waals surface area contributed by atoms with Gasteiger partial charge < -0.3 is 19.3 Å². The highest BCUT2D eigenvalue weighted by Crippen LogP contribution is 2.33. The van der Waals surface area contributed by atoms with Gasteiger partial charge in [0.15, 0.2) is 5.82 Å². The highest BCUT2D eigenvalue weighted by atomic mass is 32.2. The Morgan fingerprint density at radius 1 is 1.08 bits per heavy atom. The van der Waals surface area contributed by atoms with Crippen LogP contribution >= 0.6 is 0 Å². The molecule has 15 heteroatoms. The molecule has 38 heavy (non-hydrogen) atoms. The highest BCUT2D eigenvalue weighted by molar-refractivity contribution is 7.88.